The molecule has 190 valence electrons. The number of carbonyl (C=O) groups excluding carboxylic acids is 2. The maximum Gasteiger partial charge on any atom is 0.303 e. The van der Waals surface area contributed by atoms with Crippen LogP contribution in [0.5, 0.6) is 0 Å². The number of benzene rings is 1. The fourth-order valence-electron chi connectivity index (χ4n) is 4.77. The second kappa shape index (κ2) is 12.3. The lowest BCUT2D eigenvalue weighted by Crippen LogP contribution is -2.64. The van der Waals surface area contributed by atoms with E-state index in [-0.39, 0.29) is 6.61 Å². The van der Waals surface area contributed by atoms with E-state index in [1.165, 1.54) is 32.0 Å². The highest BCUT2D eigenvalue weighted by atomic mass is 28.3. The first-order valence-corrected chi connectivity index (χ1v) is 15.1. The van der Waals surface area contributed by atoms with E-state index in [1.807, 2.05) is 30.3 Å². The third kappa shape index (κ3) is 6.45. The summed E-state index contributed by atoms with van der Waals surface area (Å²) in [6.45, 7) is 10.1. The topological polar surface area (TPSA) is 89.5 Å². The highest BCUT2D eigenvalue weighted by molar-refractivity contribution is 6.79. The highest BCUT2D eigenvalue weighted by Gasteiger charge is 2.54. The van der Waals surface area contributed by atoms with Crippen molar-refractivity contribution in [1.29, 1.82) is 0 Å². The molecule has 2 fully saturated rings. The van der Waals surface area contributed by atoms with Crippen molar-refractivity contribution >= 4 is 20.0 Å². The molecule has 2 aliphatic rings. The molecule has 0 aliphatic carbocycles. The maximum absolute atomic E-state index is 12.0. The molecule has 2 heterocycles. The van der Waals surface area contributed by atoms with Crippen LogP contribution in [0.4, 0.5) is 0 Å². The monoisotopic (exact) mass is 494 g/mol. The Labute approximate surface area is 203 Å². The van der Waals surface area contributed by atoms with Gasteiger partial charge < -0.3 is 28.4 Å². The van der Waals surface area contributed by atoms with Gasteiger partial charge in [-0.1, -0.05) is 69.2 Å². The van der Waals surface area contributed by atoms with Crippen LogP contribution >= 0.6 is 0 Å². The van der Waals surface area contributed by atoms with Crippen molar-refractivity contribution in [2.45, 2.75) is 95.8 Å². The molecule has 9 heteroatoms. The Morgan fingerprint density at radius 2 is 1.56 bits per heavy atom. The molecule has 0 spiro atoms. The molecule has 1 aromatic carbocycles. The summed E-state index contributed by atoms with van der Waals surface area (Å²) in [5.41, 5.74) is 0.838. The van der Waals surface area contributed by atoms with Gasteiger partial charge in [0.2, 0.25) is 0 Å². The fraction of sp³-hybridized carbons (Fsp3) is 0.680. The third-order valence-corrected chi connectivity index (χ3v) is 12.9. The van der Waals surface area contributed by atoms with Crippen molar-refractivity contribution in [2.75, 3.05) is 13.2 Å². The third-order valence-electron chi connectivity index (χ3n) is 7.12. The minimum Gasteiger partial charge on any atom is -0.455 e. The molecule has 0 N–H and O–H groups in total. The number of rotatable bonds is 10. The summed E-state index contributed by atoms with van der Waals surface area (Å²) in [6, 6.07) is 14.0. The largest absolute Gasteiger partial charge is 0.455 e. The van der Waals surface area contributed by atoms with Gasteiger partial charge in [-0.25, -0.2) is 0 Å². The van der Waals surface area contributed by atoms with Gasteiger partial charge in [0.1, 0.15) is 12.2 Å². The van der Waals surface area contributed by atoms with Gasteiger partial charge in [-0.15, -0.1) is 0 Å². The number of carbonyl (C=O) groups is 2. The minimum atomic E-state index is -1.40. The molecule has 6 atom stereocenters. The van der Waals surface area contributed by atoms with Crippen LogP contribution in [0.15, 0.2) is 30.3 Å². The predicted molar refractivity (Wildman–Crippen MR) is 128 cm³/mol. The zero-order chi connectivity index (χ0) is 24.7. The lowest BCUT2D eigenvalue weighted by molar-refractivity contribution is -0.361. The maximum atomic E-state index is 12.0. The number of esters is 2. The number of fused-ring (bicyclic) bond motifs is 1. The molecule has 0 amide bonds. The average molecular weight is 495 g/mol. The molecule has 0 saturated carbocycles. The fourth-order valence-corrected chi connectivity index (χ4v) is 7.89. The molecule has 8 nitrogen and oxygen atoms in total. The first-order valence-electron chi connectivity index (χ1n) is 12.3. The molecule has 1 unspecified atom stereocenters. The van der Waals surface area contributed by atoms with Crippen LogP contribution in [0.1, 0.15) is 46.5 Å². The van der Waals surface area contributed by atoms with Gasteiger partial charge >= 0.3 is 11.9 Å². The molecule has 3 rings (SSSR count). The first kappa shape index (κ1) is 26.8. The van der Waals surface area contributed by atoms with Crippen LogP contribution in [0.2, 0.25) is 24.2 Å². The van der Waals surface area contributed by atoms with E-state index in [9.17, 15) is 9.59 Å². The molecule has 0 aromatic heterocycles. The standard InChI is InChI=1S/C25H38O8Si/c1-6-34(7-2,8-3)15-14-28-25-23(31-18(5)27)22(30-17(4)26)21-20(32-25)16-29-24(33-21)19-12-10-9-11-13-19/h9-13,20-25H,6-8,14-16H2,1-5H3/t20-,21+,22+,23-,24?,25-/m1/s1. The zero-order valence-corrected chi connectivity index (χ0v) is 21.9. The summed E-state index contributed by atoms with van der Waals surface area (Å²) in [6.07, 6.45) is -4.57. The van der Waals surface area contributed by atoms with Crippen LogP contribution in [-0.4, -0.2) is 63.9 Å². The van der Waals surface area contributed by atoms with Gasteiger partial charge in [0.05, 0.1) is 14.7 Å². The lowest BCUT2D eigenvalue weighted by Gasteiger charge is -2.48. The quantitative estimate of drug-likeness (QED) is 0.353. The van der Waals surface area contributed by atoms with Crippen LogP contribution in [0.25, 0.3) is 0 Å². The van der Waals surface area contributed by atoms with Crippen LogP contribution < -0.4 is 0 Å². The molecule has 34 heavy (non-hydrogen) atoms. The van der Waals surface area contributed by atoms with Gasteiger partial charge in [-0.3, -0.25) is 9.59 Å². The summed E-state index contributed by atoms with van der Waals surface area (Å²) in [5, 5.41) is 0. The number of ether oxygens (including phenoxy) is 6. The summed E-state index contributed by atoms with van der Waals surface area (Å²) < 4.78 is 35.7. The van der Waals surface area contributed by atoms with Crippen molar-refractivity contribution < 1.29 is 38.0 Å². The zero-order valence-electron chi connectivity index (χ0n) is 20.9. The molecular formula is C25H38O8Si. The molecule has 0 radical (unpaired) electrons. The SMILES string of the molecule is CC[Si](CC)(CC)CCO[C@@H]1O[C@@H]2COC(c3ccccc3)O[C@@H]2[C@H](OC(C)=O)[C@H]1OC(C)=O. The van der Waals surface area contributed by atoms with Crippen LogP contribution in [0, 0.1) is 0 Å². The van der Waals surface area contributed by atoms with Crippen molar-refractivity contribution in [3.8, 4) is 0 Å². The first-order chi connectivity index (χ1) is 16.3. The summed E-state index contributed by atoms with van der Waals surface area (Å²) >= 11 is 0. The molecule has 2 saturated heterocycles. The van der Waals surface area contributed by atoms with E-state index in [4.69, 9.17) is 28.4 Å². The van der Waals surface area contributed by atoms with Gasteiger partial charge in [0, 0.05) is 26.0 Å². The van der Waals surface area contributed by atoms with Crippen molar-refractivity contribution in [3.05, 3.63) is 35.9 Å². The predicted octanol–water partition coefficient (Wildman–Crippen LogP) is 4.21. The lowest BCUT2D eigenvalue weighted by atomic mass is 9.97. The van der Waals surface area contributed by atoms with Gasteiger partial charge in [0.25, 0.3) is 0 Å². The van der Waals surface area contributed by atoms with Crippen molar-refractivity contribution in [2.24, 2.45) is 0 Å². The number of hydrogen-bond acceptors (Lipinski definition) is 8. The van der Waals surface area contributed by atoms with Crippen LogP contribution in [0.3, 0.4) is 0 Å². The smallest absolute Gasteiger partial charge is 0.303 e. The minimum absolute atomic E-state index is 0.228. The Morgan fingerprint density at radius 3 is 2.15 bits per heavy atom. The van der Waals surface area contributed by atoms with E-state index in [0.29, 0.717) is 6.61 Å². The van der Waals surface area contributed by atoms with Gasteiger partial charge in [0.15, 0.2) is 24.8 Å². The summed E-state index contributed by atoms with van der Waals surface area (Å²) in [4.78, 5) is 24.0. The second-order valence-corrected chi connectivity index (χ2v) is 14.7. The Bertz CT molecular complexity index is 791. The number of hydrogen-bond donors (Lipinski definition) is 0. The van der Waals surface area contributed by atoms with E-state index >= 15 is 0 Å². The Kier molecular flexibility index (Phi) is 9.67. The average Bonchev–Trinajstić information content (AvgIpc) is 2.84. The second-order valence-electron chi connectivity index (χ2n) is 9.05. The Hall–Kier alpha value is -1.78. The summed E-state index contributed by atoms with van der Waals surface area (Å²) in [5.74, 6) is -1.01. The molecule has 0 bridgehead atoms. The van der Waals surface area contributed by atoms with E-state index in [0.717, 1.165) is 11.6 Å². The molecule has 2 aliphatic heterocycles. The summed E-state index contributed by atoms with van der Waals surface area (Å²) in [7, 11) is -1.40. The Balaban J connectivity index is 1.80. The van der Waals surface area contributed by atoms with Gasteiger partial charge in [-0.2, -0.15) is 0 Å². The van der Waals surface area contributed by atoms with E-state index < -0.39 is 57.0 Å². The highest BCUT2D eigenvalue weighted by Crippen LogP contribution is 2.37. The van der Waals surface area contributed by atoms with Crippen LogP contribution in [-0.2, 0) is 38.0 Å². The van der Waals surface area contributed by atoms with E-state index in [2.05, 4.69) is 20.8 Å². The van der Waals surface area contributed by atoms with Crippen molar-refractivity contribution in [1.82, 2.24) is 0 Å². The molecular weight excluding hydrogens is 456 g/mol. The van der Waals surface area contributed by atoms with Crippen molar-refractivity contribution in [3.63, 3.8) is 0 Å². The normalized spacial score (nSPS) is 29.2. The molecule has 1 aromatic rings. The van der Waals surface area contributed by atoms with Gasteiger partial charge in [-0.05, 0) is 6.04 Å². The Morgan fingerprint density at radius 1 is 0.941 bits per heavy atom. The van der Waals surface area contributed by atoms with E-state index in [1.54, 1.807) is 0 Å².